The van der Waals surface area contributed by atoms with Crippen molar-refractivity contribution < 1.29 is 19.0 Å². The molecule has 2 saturated heterocycles. The number of carbonyl (C=O) groups is 1. The van der Waals surface area contributed by atoms with Crippen LogP contribution in [0.1, 0.15) is 24.0 Å². The van der Waals surface area contributed by atoms with Crippen molar-refractivity contribution in [2.45, 2.75) is 25.2 Å². The van der Waals surface area contributed by atoms with Crippen molar-refractivity contribution in [2.75, 3.05) is 26.3 Å². The number of carbonyl (C=O) groups excluding carboxylic acids is 1. The van der Waals surface area contributed by atoms with Crippen molar-refractivity contribution in [3.63, 3.8) is 0 Å². The van der Waals surface area contributed by atoms with Crippen LogP contribution in [0.3, 0.4) is 0 Å². The van der Waals surface area contributed by atoms with E-state index in [4.69, 9.17) is 14.2 Å². The molecule has 0 radical (unpaired) electrons. The Kier molecular flexibility index (Phi) is 5.74. The fourth-order valence-corrected chi connectivity index (χ4v) is 3.54. The summed E-state index contributed by atoms with van der Waals surface area (Å²) >= 11 is 0. The second-order valence-electron chi connectivity index (χ2n) is 7.11. The van der Waals surface area contributed by atoms with Gasteiger partial charge < -0.3 is 19.1 Å². The third-order valence-corrected chi connectivity index (χ3v) is 5.20. The summed E-state index contributed by atoms with van der Waals surface area (Å²) in [4.78, 5) is 14.3. The highest BCUT2D eigenvalue weighted by molar-refractivity contribution is 5.91. The first kappa shape index (κ1) is 18.7. The molecule has 2 aliphatic rings. The average molecular weight is 379 g/mol. The zero-order valence-electron chi connectivity index (χ0n) is 15.9. The van der Waals surface area contributed by atoms with Gasteiger partial charge in [-0.05, 0) is 29.3 Å². The smallest absolute Gasteiger partial charge is 0.246 e. The van der Waals surface area contributed by atoms with Crippen molar-refractivity contribution in [1.29, 1.82) is 0 Å². The number of likely N-dealkylation sites (tertiary alicyclic amines) is 1. The van der Waals surface area contributed by atoms with E-state index in [1.54, 1.807) is 6.08 Å². The van der Waals surface area contributed by atoms with Crippen LogP contribution in [0, 0.1) is 0 Å². The van der Waals surface area contributed by atoms with E-state index in [1.165, 1.54) is 0 Å². The number of rotatable bonds is 5. The van der Waals surface area contributed by atoms with Gasteiger partial charge in [0.25, 0.3) is 0 Å². The van der Waals surface area contributed by atoms with E-state index in [0.717, 1.165) is 29.7 Å². The molecule has 2 heterocycles. The second kappa shape index (κ2) is 8.59. The zero-order chi connectivity index (χ0) is 19.2. The van der Waals surface area contributed by atoms with Crippen LogP contribution in [0.2, 0.25) is 0 Å². The Labute approximate surface area is 165 Å². The topological polar surface area (TPSA) is 48.0 Å². The van der Waals surface area contributed by atoms with Crippen LogP contribution >= 0.6 is 0 Å². The molecular weight excluding hydrogens is 354 g/mol. The summed E-state index contributed by atoms with van der Waals surface area (Å²) in [5, 5.41) is 0. The van der Waals surface area contributed by atoms with E-state index in [9.17, 15) is 4.79 Å². The fraction of sp³-hybridized carbons (Fsp3) is 0.348. The van der Waals surface area contributed by atoms with Gasteiger partial charge in [0.05, 0.1) is 13.2 Å². The van der Waals surface area contributed by atoms with Gasteiger partial charge in [-0.15, -0.1) is 0 Å². The van der Waals surface area contributed by atoms with E-state index in [0.29, 0.717) is 32.9 Å². The molecule has 0 N–H and O–H groups in total. The number of amides is 1. The summed E-state index contributed by atoms with van der Waals surface area (Å²) in [7, 11) is 0. The highest BCUT2D eigenvalue weighted by Crippen LogP contribution is 2.31. The summed E-state index contributed by atoms with van der Waals surface area (Å²) in [5.41, 5.74) is 2.10. The fourth-order valence-electron chi connectivity index (χ4n) is 3.54. The number of hydrogen-bond donors (Lipinski definition) is 0. The van der Waals surface area contributed by atoms with Gasteiger partial charge in [0.15, 0.2) is 5.79 Å². The van der Waals surface area contributed by atoms with Crippen molar-refractivity contribution in [1.82, 2.24) is 4.90 Å². The maximum absolute atomic E-state index is 12.4. The molecule has 5 heteroatoms. The molecular formula is C23H25NO4. The lowest BCUT2D eigenvalue weighted by molar-refractivity contribution is -0.186. The molecule has 2 aromatic carbocycles. The van der Waals surface area contributed by atoms with Crippen LogP contribution in [0.4, 0.5) is 0 Å². The van der Waals surface area contributed by atoms with Crippen molar-refractivity contribution in [3.8, 4) is 5.75 Å². The van der Waals surface area contributed by atoms with Crippen LogP contribution in [0.5, 0.6) is 5.75 Å². The summed E-state index contributed by atoms with van der Waals surface area (Å²) < 4.78 is 17.2. The molecule has 0 aromatic heterocycles. The van der Waals surface area contributed by atoms with E-state index < -0.39 is 5.79 Å². The standard InChI is InChI=1S/C23H25NO4/c25-22(24-14-12-23(13-15-24)27-16-17-28-23)11-8-19-6-9-21(10-7-19)26-18-20-4-2-1-3-5-20/h1-11H,12-18H2/b11-8+. The summed E-state index contributed by atoms with van der Waals surface area (Å²) in [6.45, 7) is 3.17. The Morgan fingerprint density at radius 1 is 1.00 bits per heavy atom. The Hall–Kier alpha value is -2.63. The number of ether oxygens (including phenoxy) is 3. The maximum Gasteiger partial charge on any atom is 0.246 e. The van der Waals surface area contributed by atoms with Crippen LogP contribution in [0.25, 0.3) is 6.08 Å². The maximum atomic E-state index is 12.4. The highest BCUT2D eigenvalue weighted by atomic mass is 16.7. The Morgan fingerprint density at radius 2 is 1.68 bits per heavy atom. The van der Waals surface area contributed by atoms with Gasteiger partial charge in [-0.25, -0.2) is 0 Å². The normalized spacial score (nSPS) is 18.6. The SMILES string of the molecule is O=C(/C=C/c1ccc(OCc2ccccc2)cc1)N1CCC2(CC1)OCCO2. The predicted molar refractivity (Wildman–Crippen MR) is 107 cm³/mol. The molecule has 1 spiro atoms. The van der Waals surface area contributed by atoms with Gasteiger partial charge in [0.1, 0.15) is 12.4 Å². The third kappa shape index (κ3) is 4.61. The van der Waals surface area contributed by atoms with Crippen molar-refractivity contribution in [3.05, 3.63) is 71.8 Å². The summed E-state index contributed by atoms with van der Waals surface area (Å²) in [6.07, 6.45) is 4.95. The molecule has 0 aliphatic carbocycles. The lowest BCUT2D eigenvalue weighted by atomic mass is 10.0. The predicted octanol–water partition coefficient (Wildman–Crippen LogP) is 3.64. The van der Waals surface area contributed by atoms with Gasteiger partial charge in [0.2, 0.25) is 5.91 Å². The first-order valence-electron chi connectivity index (χ1n) is 9.74. The first-order valence-corrected chi connectivity index (χ1v) is 9.74. The number of hydrogen-bond acceptors (Lipinski definition) is 4. The Morgan fingerprint density at radius 3 is 2.36 bits per heavy atom. The largest absolute Gasteiger partial charge is 0.489 e. The van der Waals surface area contributed by atoms with Crippen molar-refractivity contribution in [2.24, 2.45) is 0 Å². The minimum atomic E-state index is -0.448. The van der Waals surface area contributed by atoms with Gasteiger partial charge in [-0.2, -0.15) is 0 Å². The number of benzene rings is 2. The minimum absolute atomic E-state index is 0.0252. The quantitative estimate of drug-likeness (QED) is 0.744. The molecule has 2 fully saturated rings. The summed E-state index contributed by atoms with van der Waals surface area (Å²) in [5.74, 6) is 0.387. The Bertz CT molecular complexity index is 800. The molecule has 5 nitrogen and oxygen atoms in total. The molecule has 4 rings (SSSR count). The molecule has 28 heavy (non-hydrogen) atoms. The zero-order valence-corrected chi connectivity index (χ0v) is 15.9. The second-order valence-corrected chi connectivity index (χ2v) is 7.11. The van der Waals surface area contributed by atoms with Crippen LogP contribution in [-0.2, 0) is 20.9 Å². The third-order valence-electron chi connectivity index (χ3n) is 5.20. The molecule has 0 bridgehead atoms. The lowest BCUT2D eigenvalue weighted by Gasteiger charge is -2.37. The number of nitrogens with zero attached hydrogens (tertiary/aromatic N) is 1. The summed E-state index contributed by atoms with van der Waals surface area (Å²) in [6, 6.07) is 17.8. The van der Waals surface area contributed by atoms with E-state index >= 15 is 0 Å². The molecule has 2 aromatic rings. The first-order chi connectivity index (χ1) is 13.7. The molecule has 0 saturated carbocycles. The molecule has 146 valence electrons. The Balaban J connectivity index is 1.26. The molecule has 2 aliphatic heterocycles. The molecule has 0 unspecified atom stereocenters. The van der Waals surface area contributed by atoms with Crippen LogP contribution in [0.15, 0.2) is 60.7 Å². The van der Waals surface area contributed by atoms with Crippen LogP contribution in [-0.4, -0.2) is 42.9 Å². The van der Waals surface area contributed by atoms with E-state index in [2.05, 4.69) is 0 Å². The van der Waals surface area contributed by atoms with E-state index in [1.807, 2.05) is 65.6 Å². The monoisotopic (exact) mass is 379 g/mol. The van der Waals surface area contributed by atoms with Crippen LogP contribution < -0.4 is 4.74 Å². The van der Waals surface area contributed by atoms with Gasteiger partial charge in [-0.1, -0.05) is 42.5 Å². The average Bonchev–Trinajstić information content (AvgIpc) is 3.20. The lowest BCUT2D eigenvalue weighted by Crippen LogP contribution is -2.46. The van der Waals surface area contributed by atoms with Crippen molar-refractivity contribution >= 4 is 12.0 Å². The highest BCUT2D eigenvalue weighted by Gasteiger charge is 2.40. The molecule has 1 amide bonds. The minimum Gasteiger partial charge on any atom is -0.489 e. The number of piperidine rings is 1. The van der Waals surface area contributed by atoms with Gasteiger partial charge in [-0.3, -0.25) is 4.79 Å². The van der Waals surface area contributed by atoms with E-state index in [-0.39, 0.29) is 5.91 Å². The van der Waals surface area contributed by atoms with Gasteiger partial charge >= 0.3 is 0 Å². The molecule has 0 atom stereocenters. The van der Waals surface area contributed by atoms with Gasteiger partial charge in [0, 0.05) is 32.0 Å².